The minimum Gasteiger partial charge on any atom is -0.479 e. The second kappa shape index (κ2) is 5.37. The number of aliphatic hydroxyl groups excluding tert-OH is 3. The van der Waals surface area contributed by atoms with Gasteiger partial charge in [0.2, 0.25) is 0 Å². The molecular formula is C9H14O7. The van der Waals surface area contributed by atoms with Crippen LogP contribution in [0.25, 0.3) is 0 Å². The maximum atomic E-state index is 10.7. The van der Waals surface area contributed by atoms with E-state index >= 15 is 0 Å². The number of ether oxygens (including phenoxy) is 2. The number of rotatable bonds is 4. The van der Waals surface area contributed by atoms with Crippen LogP contribution in [0, 0.1) is 0 Å². The van der Waals surface area contributed by atoms with Gasteiger partial charge in [-0.15, -0.1) is 6.58 Å². The van der Waals surface area contributed by atoms with Crippen molar-refractivity contribution in [3.63, 3.8) is 0 Å². The van der Waals surface area contributed by atoms with Crippen molar-refractivity contribution in [3.05, 3.63) is 12.7 Å². The Balaban J connectivity index is 2.72. The molecule has 7 nitrogen and oxygen atoms in total. The van der Waals surface area contributed by atoms with Crippen LogP contribution < -0.4 is 0 Å². The number of hydrogen-bond acceptors (Lipinski definition) is 6. The summed E-state index contributed by atoms with van der Waals surface area (Å²) in [5.41, 5.74) is 0. The molecule has 92 valence electrons. The predicted octanol–water partition coefficient (Wildman–Crippen LogP) is -1.92. The van der Waals surface area contributed by atoms with Gasteiger partial charge >= 0.3 is 5.97 Å². The third kappa shape index (κ3) is 2.57. The molecule has 16 heavy (non-hydrogen) atoms. The van der Waals surface area contributed by atoms with Crippen molar-refractivity contribution in [2.45, 2.75) is 30.7 Å². The smallest absolute Gasteiger partial charge is 0.335 e. The average Bonchev–Trinajstić information content (AvgIpc) is 2.24. The van der Waals surface area contributed by atoms with Gasteiger partial charge in [0.25, 0.3) is 0 Å². The Morgan fingerprint density at radius 1 is 1.31 bits per heavy atom. The van der Waals surface area contributed by atoms with Gasteiger partial charge in [-0.3, -0.25) is 0 Å². The first kappa shape index (κ1) is 13.1. The highest BCUT2D eigenvalue weighted by molar-refractivity contribution is 5.73. The topological polar surface area (TPSA) is 116 Å². The van der Waals surface area contributed by atoms with E-state index in [1.165, 1.54) is 6.08 Å². The number of hydrogen-bond donors (Lipinski definition) is 4. The summed E-state index contributed by atoms with van der Waals surface area (Å²) < 4.78 is 9.73. The van der Waals surface area contributed by atoms with Crippen molar-refractivity contribution < 1.29 is 34.7 Å². The van der Waals surface area contributed by atoms with Gasteiger partial charge in [-0.1, -0.05) is 6.08 Å². The first-order valence-electron chi connectivity index (χ1n) is 4.64. The molecule has 5 atom stereocenters. The lowest BCUT2D eigenvalue weighted by Crippen LogP contribution is -2.60. The van der Waals surface area contributed by atoms with Crippen molar-refractivity contribution >= 4 is 5.97 Å². The first-order chi connectivity index (χ1) is 7.49. The van der Waals surface area contributed by atoms with Crippen LogP contribution in [0.3, 0.4) is 0 Å². The van der Waals surface area contributed by atoms with Crippen LogP contribution in [0.1, 0.15) is 0 Å². The minimum absolute atomic E-state index is 0.0247. The fourth-order valence-corrected chi connectivity index (χ4v) is 1.35. The molecule has 0 aromatic rings. The summed E-state index contributed by atoms with van der Waals surface area (Å²) in [4.78, 5) is 10.7. The molecule has 0 aromatic heterocycles. The Morgan fingerprint density at radius 2 is 1.94 bits per heavy atom. The molecule has 1 saturated heterocycles. The molecule has 1 heterocycles. The lowest BCUT2D eigenvalue weighted by atomic mass is 9.99. The molecule has 0 unspecified atom stereocenters. The molecule has 0 aliphatic carbocycles. The van der Waals surface area contributed by atoms with Crippen molar-refractivity contribution in [1.82, 2.24) is 0 Å². The minimum atomic E-state index is -1.70. The Morgan fingerprint density at radius 3 is 2.44 bits per heavy atom. The van der Waals surface area contributed by atoms with E-state index in [0.717, 1.165) is 0 Å². The van der Waals surface area contributed by atoms with Crippen molar-refractivity contribution in [2.75, 3.05) is 6.61 Å². The van der Waals surface area contributed by atoms with Crippen molar-refractivity contribution in [2.24, 2.45) is 0 Å². The van der Waals surface area contributed by atoms with Crippen LogP contribution in [0.5, 0.6) is 0 Å². The summed E-state index contributed by atoms with van der Waals surface area (Å²) in [6, 6.07) is 0. The zero-order chi connectivity index (χ0) is 12.3. The van der Waals surface area contributed by atoms with Crippen molar-refractivity contribution in [3.8, 4) is 0 Å². The summed E-state index contributed by atoms with van der Waals surface area (Å²) in [5, 5.41) is 36.9. The molecule has 1 aliphatic heterocycles. The molecule has 0 saturated carbocycles. The maximum Gasteiger partial charge on any atom is 0.335 e. The maximum absolute atomic E-state index is 10.7. The zero-order valence-electron chi connectivity index (χ0n) is 8.39. The first-order valence-corrected chi connectivity index (χ1v) is 4.64. The van der Waals surface area contributed by atoms with Gasteiger partial charge in [0, 0.05) is 0 Å². The number of aliphatic hydroxyl groups is 3. The SMILES string of the molecule is C=CCO[C@H]1O[C@H](C(=O)O)[C@@H](O)[C@H](O)[C@H]1O. The van der Waals surface area contributed by atoms with Crippen LogP contribution in [0.4, 0.5) is 0 Å². The van der Waals surface area contributed by atoms with E-state index in [0.29, 0.717) is 0 Å². The molecule has 0 aromatic carbocycles. The summed E-state index contributed by atoms with van der Waals surface area (Å²) >= 11 is 0. The largest absolute Gasteiger partial charge is 0.479 e. The molecule has 1 rings (SSSR count). The van der Waals surface area contributed by atoms with E-state index in [1.54, 1.807) is 0 Å². The van der Waals surface area contributed by atoms with Crippen LogP contribution in [0.15, 0.2) is 12.7 Å². The number of carboxylic acid groups (broad SMARTS) is 1. The van der Waals surface area contributed by atoms with E-state index in [2.05, 4.69) is 6.58 Å². The molecule has 0 bridgehead atoms. The normalized spacial score (nSPS) is 39.3. The standard InChI is InChI=1S/C9H14O7/c1-2-3-15-9-6(12)4(10)5(11)7(16-9)8(13)14/h2,4-7,9-12H,1,3H2,(H,13,14)/t4-,5-,6+,7-,9-/m0/s1. The molecule has 4 N–H and O–H groups in total. The number of carboxylic acids is 1. The fraction of sp³-hybridized carbons (Fsp3) is 0.667. The molecule has 0 spiro atoms. The highest BCUT2D eigenvalue weighted by Crippen LogP contribution is 2.22. The summed E-state index contributed by atoms with van der Waals surface area (Å²) in [6.45, 7) is 3.39. The Bertz CT molecular complexity index is 267. The third-order valence-electron chi connectivity index (χ3n) is 2.19. The summed E-state index contributed by atoms with van der Waals surface area (Å²) in [7, 11) is 0. The second-order valence-electron chi connectivity index (χ2n) is 3.36. The second-order valence-corrected chi connectivity index (χ2v) is 3.36. The average molecular weight is 234 g/mol. The number of carbonyl (C=O) groups is 1. The van der Waals surface area contributed by atoms with Gasteiger partial charge in [0.05, 0.1) is 6.61 Å². The van der Waals surface area contributed by atoms with Gasteiger partial charge in [0.15, 0.2) is 12.4 Å². The molecule has 1 aliphatic rings. The lowest BCUT2D eigenvalue weighted by molar-refractivity contribution is -0.291. The van der Waals surface area contributed by atoms with E-state index in [-0.39, 0.29) is 6.61 Å². The van der Waals surface area contributed by atoms with E-state index in [1.807, 2.05) is 0 Å². The fourth-order valence-electron chi connectivity index (χ4n) is 1.35. The highest BCUT2D eigenvalue weighted by Gasteiger charge is 2.47. The van der Waals surface area contributed by atoms with E-state index in [4.69, 9.17) is 14.6 Å². The van der Waals surface area contributed by atoms with Gasteiger partial charge < -0.3 is 29.9 Å². The van der Waals surface area contributed by atoms with E-state index in [9.17, 15) is 20.1 Å². The lowest BCUT2D eigenvalue weighted by Gasteiger charge is -2.38. The Labute approximate surface area is 91.5 Å². The monoisotopic (exact) mass is 234 g/mol. The molecule has 0 radical (unpaired) electrons. The van der Waals surface area contributed by atoms with Crippen LogP contribution in [-0.4, -0.2) is 63.7 Å². The summed E-state index contributed by atoms with van der Waals surface area (Å²) in [5.74, 6) is -1.44. The Hall–Kier alpha value is -0.990. The van der Waals surface area contributed by atoms with Crippen molar-refractivity contribution in [1.29, 1.82) is 0 Å². The molecule has 1 fully saturated rings. The predicted molar refractivity (Wildman–Crippen MR) is 50.5 cm³/mol. The number of aliphatic carboxylic acids is 1. The molecule has 7 heteroatoms. The molecule has 0 amide bonds. The third-order valence-corrected chi connectivity index (χ3v) is 2.19. The Kier molecular flexibility index (Phi) is 4.39. The van der Waals surface area contributed by atoms with Crippen LogP contribution in [-0.2, 0) is 14.3 Å². The van der Waals surface area contributed by atoms with Gasteiger partial charge in [-0.2, -0.15) is 0 Å². The zero-order valence-corrected chi connectivity index (χ0v) is 8.39. The van der Waals surface area contributed by atoms with E-state index < -0.39 is 36.7 Å². The van der Waals surface area contributed by atoms with Gasteiger partial charge in [-0.05, 0) is 0 Å². The molecular weight excluding hydrogens is 220 g/mol. The quantitative estimate of drug-likeness (QED) is 0.419. The summed E-state index contributed by atoms with van der Waals surface area (Å²) in [6.07, 6.45) is -6.40. The van der Waals surface area contributed by atoms with Gasteiger partial charge in [-0.25, -0.2) is 4.79 Å². The van der Waals surface area contributed by atoms with Crippen LogP contribution in [0.2, 0.25) is 0 Å². The highest BCUT2D eigenvalue weighted by atomic mass is 16.7. The van der Waals surface area contributed by atoms with Crippen LogP contribution >= 0.6 is 0 Å². The van der Waals surface area contributed by atoms with Gasteiger partial charge in [0.1, 0.15) is 18.3 Å².